The van der Waals surface area contributed by atoms with Gasteiger partial charge in [-0.3, -0.25) is 4.90 Å². The number of benzene rings is 4. The van der Waals surface area contributed by atoms with Crippen LogP contribution in [0.25, 0.3) is 0 Å². The third-order valence-corrected chi connectivity index (χ3v) is 7.81. The number of halogens is 1. The van der Waals surface area contributed by atoms with E-state index in [9.17, 15) is 5.26 Å². The average molecular weight is 550 g/mol. The molecule has 1 aliphatic heterocycles. The Morgan fingerprint density at radius 2 is 1.30 bits per heavy atom. The second-order valence-electron chi connectivity index (χ2n) is 9.29. The molecule has 3 nitrogen and oxygen atoms in total. The summed E-state index contributed by atoms with van der Waals surface area (Å²) in [5.74, 6) is 0.0399. The summed E-state index contributed by atoms with van der Waals surface area (Å²) < 4.78 is 8.17. The maximum atomic E-state index is 10.1. The summed E-state index contributed by atoms with van der Waals surface area (Å²) in [5.41, 5.74) is 3.55. The fourth-order valence-electron chi connectivity index (χ4n) is 5.55. The molecule has 4 aromatic carbocycles. The Morgan fingerprint density at radius 1 is 0.811 bits per heavy atom. The molecule has 3 unspecified atom stereocenters. The first-order valence-corrected chi connectivity index (χ1v) is 13.3. The molecule has 37 heavy (non-hydrogen) atoms. The van der Waals surface area contributed by atoms with Crippen LogP contribution in [0, 0.1) is 11.3 Å². The molecular weight excluding hydrogens is 520 g/mol. The Kier molecular flexibility index (Phi) is 7.67. The van der Waals surface area contributed by atoms with Crippen molar-refractivity contribution in [2.24, 2.45) is 0 Å². The zero-order chi connectivity index (χ0) is 25.7. The minimum absolute atomic E-state index is 0.0272. The van der Waals surface area contributed by atoms with Crippen LogP contribution in [0.2, 0.25) is 0 Å². The van der Waals surface area contributed by atoms with Crippen molar-refractivity contribution < 1.29 is 4.74 Å². The highest BCUT2D eigenvalue weighted by molar-refractivity contribution is 9.10. The Balaban J connectivity index is 1.59. The van der Waals surface area contributed by atoms with Gasteiger partial charge in [0.1, 0.15) is 11.6 Å². The largest absolute Gasteiger partial charge is 0.359 e. The third-order valence-electron chi connectivity index (χ3n) is 7.28. The van der Waals surface area contributed by atoms with Crippen molar-refractivity contribution in [3.63, 3.8) is 0 Å². The van der Waals surface area contributed by atoms with Crippen molar-refractivity contribution in [1.29, 1.82) is 5.26 Å². The minimum Gasteiger partial charge on any atom is -0.359 e. The van der Waals surface area contributed by atoms with Gasteiger partial charge in [-0.2, -0.15) is 5.26 Å². The molecule has 1 fully saturated rings. The number of ether oxygens (including phenoxy) is 1. The van der Waals surface area contributed by atoms with Crippen molar-refractivity contribution >= 4 is 15.9 Å². The molecule has 0 N–H and O–H groups in total. The topological polar surface area (TPSA) is 36.3 Å². The van der Waals surface area contributed by atoms with Crippen molar-refractivity contribution in [3.8, 4) is 6.07 Å². The molecule has 1 saturated heterocycles. The summed E-state index contributed by atoms with van der Waals surface area (Å²) in [4.78, 5) is 2.20. The standard InChI is InChI=1S/C33H29BrN2O/c1-2-22-36-30(23-35)32(25-18-20-29(34)21-19-25)31(36)24-37-33(26-12-6-3-7-13-26,27-14-8-4-9-15-27)28-16-10-5-11-17-28/h2-21,30-32H,1,22,24H2. The first kappa shape index (κ1) is 25.2. The molecule has 0 aromatic heterocycles. The van der Waals surface area contributed by atoms with E-state index in [1.807, 2.05) is 36.4 Å². The Bertz CT molecular complexity index is 1250. The monoisotopic (exact) mass is 548 g/mol. The smallest absolute Gasteiger partial charge is 0.143 e. The van der Waals surface area contributed by atoms with Crippen LogP contribution in [0.3, 0.4) is 0 Å². The molecule has 0 amide bonds. The number of nitriles is 1. The SMILES string of the molecule is C=CCN1C(C#N)C(c2ccc(Br)cc2)C1COC(c1ccccc1)(c1ccccc1)c1ccccc1. The molecular formula is C33H29BrN2O. The summed E-state index contributed by atoms with van der Waals surface area (Å²) in [6, 6.07) is 41.9. The molecule has 0 aliphatic carbocycles. The van der Waals surface area contributed by atoms with Gasteiger partial charge in [-0.25, -0.2) is 0 Å². The Labute approximate surface area is 227 Å². The van der Waals surface area contributed by atoms with Gasteiger partial charge < -0.3 is 4.74 Å². The van der Waals surface area contributed by atoms with E-state index in [0.29, 0.717) is 13.2 Å². The first-order chi connectivity index (χ1) is 18.2. The summed E-state index contributed by atoms with van der Waals surface area (Å²) in [7, 11) is 0. The van der Waals surface area contributed by atoms with E-state index in [0.717, 1.165) is 26.7 Å². The molecule has 0 saturated carbocycles. The van der Waals surface area contributed by atoms with Crippen LogP contribution in [-0.2, 0) is 10.3 Å². The Morgan fingerprint density at radius 3 is 1.73 bits per heavy atom. The van der Waals surface area contributed by atoms with Crippen LogP contribution in [-0.4, -0.2) is 30.1 Å². The molecule has 1 heterocycles. The normalized spacial score (nSPS) is 19.5. The summed E-state index contributed by atoms with van der Waals surface area (Å²) in [6.07, 6.45) is 1.87. The van der Waals surface area contributed by atoms with E-state index in [4.69, 9.17) is 4.74 Å². The van der Waals surface area contributed by atoms with E-state index in [-0.39, 0.29) is 18.0 Å². The van der Waals surface area contributed by atoms with E-state index in [2.05, 4.69) is 118 Å². The second kappa shape index (κ2) is 11.3. The zero-order valence-corrected chi connectivity index (χ0v) is 22.2. The highest BCUT2D eigenvalue weighted by atomic mass is 79.9. The number of hydrogen-bond acceptors (Lipinski definition) is 3. The molecule has 0 spiro atoms. The highest BCUT2D eigenvalue weighted by Gasteiger charge is 2.50. The Hall–Kier alpha value is -3.49. The van der Waals surface area contributed by atoms with Gasteiger partial charge in [0.05, 0.1) is 12.7 Å². The fourth-order valence-corrected chi connectivity index (χ4v) is 5.81. The number of nitrogens with zero attached hydrogens (tertiary/aromatic N) is 2. The van der Waals surface area contributed by atoms with E-state index < -0.39 is 5.60 Å². The second-order valence-corrected chi connectivity index (χ2v) is 10.2. The van der Waals surface area contributed by atoms with E-state index >= 15 is 0 Å². The highest BCUT2D eigenvalue weighted by Crippen LogP contribution is 2.45. The van der Waals surface area contributed by atoms with E-state index in [1.54, 1.807) is 0 Å². The van der Waals surface area contributed by atoms with Gasteiger partial charge in [-0.1, -0.05) is 125 Å². The molecule has 1 aliphatic rings. The van der Waals surface area contributed by atoms with Gasteiger partial charge in [0, 0.05) is 23.0 Å². The molecule has 5 rings (SSSR count). The van der Waals surface area contributed by atoms with Crippen LogP contribution < -0.4 is 0 Å². The van der Waals surface area contributed by atoms with Crippen LogP contribution in [0.15, 0.2) is 132 Å². The fraction of sp³-hybridized carbons (Fsp3) is 0.182. The predicted octanol–water partition coefficient (Wildman–Crippen LogP) is 7.30. The molecule has 0 radical (unpaired) electrons. The lowest BCUT2D eigenvalue weighted by Crippen LogP contribution is -2.63. The summed E-state index contributed by atoms with van der Waals surface area (Å²) >= 11 is 3.54. The van der Waals surface area contributed by atoms with Gasteiger partial charge in [-0.15, -0.1) is 6.58 Å². The lowest BCUT2D eigenvalue weighted by molar-refractivity contribution is -0.0750. The number of likely N-dealkylation sites (tertiary alicyclic amines) is 1. The maximum absolute atomic E-state index is 10.1. The van der Waals surface area contributed by atoms with E-state index in [1.165, 1.54) is 0 Å². The molecule has 3 atom stereocenters. The quantitative estimate of drug-likeness (QED) is 0.162. The van der Waals surface area contributed by atoms with Gasteiger partial charge in [0.15, 0.2) is 0 Å². The molecule has 184 valence electrons. The van der Waals surface area contributed by atoms with Crippen LogP contribution in [0.5, 0.6) is 0 Å². The van der Waals surface area contributed by atoms with Crippen LogP contribution >= 0.6 is 15.9 Å². The number of hydrogen-bond donors (Lipinski definition) is 0. The van der Waals surface area contributed by atoms with Gasteiger partial charge in [0.25, 0.3) is 0 Å². The summed E-state index contributed by atoms with van der Waals surface area (Å²) in [5, 5.41) is 10.1. The zero-order valence-electron chi connectivity index (χ0n) is 20.6. The van der Waals surface area contributed by atoms with Gasteiger partial charge in [-0.05, 0) is 34.4 Å². The van der Waals surface area contributed by atoms with Crippen molar-refractivity contribution in [2.75, 3.05) is 13.2 Å². The lowest BCUT2D eigenvalue weighted by Gasteiger charge is -2.53. The van der Waals surface area contributed by atoms with Crippen LogP contribution in [0.4, 0.5) is 0 Å². The molecule has 4 aromatic rings. The lowest BCUT2D eigenvalue weighted by atomic mass is 9.75. The van der Waals surface area contributed by atoms with Crippen LogP contribution in [0.1, 0.15) is 28.2 Å². The summed E-state index contributed by atoms with van der Waals surface area (Å²) in [6.45, 7) is 5.03. The number of rotatable bonds is 9. The van der Waals surface area contributed by atoms with Crippen molar-refractivity contribution in [2.45, 2.75) is 23.6 Å². The average Bonchev–Trinajstić information content (AvgIpc) is 2.95. The van der Waals surface area contributed by atoms with Gasteiger partial charge >= 0.3 is 0 Å². The maximum Gasteiger partial charge on any atom is 0.143 e. The first-order valence-electron chi connectivity index (χ1n) is 12.5. The molecule has 4 heteroatoms. The third kappa shape index (κ3) is 4.79. The van der Waals surface area contributed by atoms with Gasteiger partial charge in [0.2, 0.25) is 0 Å². The molecule has 0 bridgehead atoms. The van der Waals surface area contributed by atoms with Crippen molar-refractivity contribution in [1.82, 2.24) is 4.90 Å². The minimum atomic E-state index is -0.800. The van der Waals surface area contributed by atoms with Crippen molar-refractivity contribution in [3.05, 3.63) is 155 Å². The predicted molar refractivity (Wildman–Crippen MR) is 152 cm³/mol.